The number of rotatable bonds is 13. The average molecular weight is 718 g/mol. The number of carbonyl (C=O) groups excluding carboxylic acids is 4. The molecular formula is C37H43N5O8S. The fourth-order valence-electron chi connectivity index (χ4n) is 6.64. The molecule has 1 saturated heterocycles. The number of aromatic nitrogens is 1. The average Bonchev–Trinajstić information content (AvgIpc) is 4.03. The summed E-state index contributed by atoms with van der Waals surface area (Å²) < 4.78 is 39.5. The molecule has 4 amide bonds. The molecule has 0 bridgehead atoms. The Balaban J connectivity index is 1.32. The maximum atomic E-state index is 14.2. The molecule has 3 fully saturated rings. The fourth-order valence-corrected chi connectivity index (χ4v) is 8.01. The zero-order valence-electron chi connectivity index (χ0n) is 29.0. The molecule has 5 atom stereocenters. The molecule has 270 valence electrons. The molecule has 1 aliphatic heterocycles. The lowest BCUT2D eigenvalue weighted by Crippen LogP contribution is -2.58. The van der Waals surface area contributed by atoms with Crippen molar-refractivity contribution in [1.82, 2.24) is 25.2 Å². The van der Waals surface area contributed by atoms with Gasteiger partial charge in [-0.15, -0.1) is 6.58 Å². The Morgan fingerprint density at radius 1 is 1.08 bits per heavy atom. The van der Waals surface area contributed by atoms with E-state index >= 15 is 0 Å². The summed E-state index contributed by atoms with van der Waals surface area (Å²) in [6.07, 6.45) is 1.97. The van der Waals surface area contributed by atoms with Crippen LogP contribution in [0, 0.1) is 11.8 Å². The zero-order chi connectivity index (χ0) is 36.7. The lowest BCUT2D eigenvalue weighted by atomic mass is 10.0. The van der Waals surface area contributed by atoms with Gasteiger partial charge in [0.15, 0.2) is 0 Å². The van der Waals surface area contributed by atoms with Gasteiger partial charge in [0.2, 0.25) is 27.7 Å². The molecule has 3 N–H and O–H groups in total. The number of hydrogen-bond donors (Lipinski definition) is 3. The molecule has 14 heteroatoms. The third-order valence-corrected chi connectivity index (χ3v) is 11.6. The number of amides is 4. The highest BCUT2D eigenvalue weighted by Crippen LogP contribution is 2.45. The number of sulfonamides is 1. The molecule has 0 spiro atoms. The minimum absolute atomic E-state index is 0.000505. The van der Waals surface area contributed by atoms with Gasteiger partial charge in [0, 0.05) is 42.3 Å². The normalized spacial score (nSPS) is 23.3. The molecule has 6 rings (SSSR count). The minimum Gasteiger partial charge on any atom is -0.497 e. The standard InChI is InChI=1S/C37H43N5O8S/c1-6-24-19-37(24,36(46)41-51(47,48)27-13-14-27)40-34(44)31-17-26(20-42(31)35(45)33(21(2)3)38-22(4)43)50-32-18-29(23-10-8-7-9-11-23)39-30-16-25(49-5)12-15-28(30)32/h6-12,15-16,18,21,24,26-27,31,33H,1,13-14,17,19-20H2,2-5H3,(H,38,43)(H,40,44)(H,41,46)/t24-,26-,31+,33-,37-/m1/s1. The summed E-state index contributed by atoms with van der Waals surface area (Å²) in [5.74, 6) is -2.08. The van der Waals surface area contributed by atoms with E-state index < -0.39 is 68.5 Å². The third-order valence-electron chi connectivity index (χ3n) is 9.73. The van der Waals surface area contributed by atoms with Crippen molar-refractivity contribution < 1.29 is 37.1 Å². The van der Waals surface area contributed by atoms with Crippen molar-refractivity contribution in [3.05, 3.63) is 67.3 Å². The van der Waals surface area contributed by atoms with Gasteiger partial charge in [-0.05, 0) is 37.3 Å². The SMILES string of the molecule is C=C[C@@H]1C[C@]1(NC(=O)[C@@H]1C[C@@H](Oc2cc(-c3ccccc3)nc3cc(OC)ccc23)CN1C(=O)[C@H](NC(C)=O)C(C)C)C(=O)NS(=O)(=O)C1CC1. The van der Waals surface area contributed by atoms with Crippen molar-refractivity contribution in [3.8, 4) is 22.8 Å². The number of nitrogens with one attached hydrogen (secondary N) is 3. The van der Waals surface area contributed by atoms with Gasteiger partial charge in [-0.25, -0.2) is 13.4 Å². The zero-order valence-corrected chi connectivity index (χ0v) is 29.9. The number of methoxy groups -OCH3 is 1. The number of ether oxygens (including phenoxy) is 2. The quantitative estimate of drug-likeness (QED) is 0.225. The van der Waals surface area contributed by atoms with Crippen LogP contribution < -0.4 is 24.8 Å². The Bertz CT molecular complexity index is 1980. The summed E-state index contributed by atoms with van der Waals surface area (Å²) in [6, 6.07) is 14.8. The summed E-state index contributed by atoms with van der Waals surface area (Å²) in [6.45, 7) is 8.67. The van der Waals surface area contributed by atoms with E-state index in [-0.39, 0.29) is 25.3 Å². The molecule has 51 heavy (non-hydrogen) atoms. The molecule has 3 aliphatic rings. The van der Waals surface area contributed by atoms with Crippen LogP contribution in [-0.4, -0.2) is 84.6 Å². The molecule has 0 radical (unpaired) electrons. The van der Waals surface area contributed by atoms with E-state index in [0.29, 0.717) is 40.9 Å². The number of hydrogen-bond acceptors (Lipinski definition) is 9. The van der Waals surface area contributed by atoms with Crippen LogP contribution in [-0.2, 0) is 29.2 Å². The first kappa shape index (κ1) is 35.8. The Morgan fingerprint density at radius 3 is 2.41 bits per heavy atom. The van der Waals surface area contributed by atoms with E-state index in [9.17, 15) is 27.6 Å². The van der Waals surface area contributed by atoms with Crippen molar-refractivity contribution in [2.45, 2.75) is 75.4 Å². The van der Waals surface area contributed by atoms with Crippen LogP contribution in [0.4, 0.5) is 0 Å². The van der Waals surface area contributed by atoms with Crippen LogP contribution in [0.3, 0.4) is 0 Å². The number of nitrogens with zero attached hydrogens (tertiary/aromatic N) is 2. The van der Waals surface area contributed by atoms with Crippen LogP contribution in [0.25, 0.3) is 22.2 Å². The van der Waals surface area contributed by atoms with Crippen LogP contribution in [0.15, 0.2) is 67.3 Å². The summed E-state index contributed by atoms with van der Waals surface area (Å²) in [4.78, 5) is 60.1. The highest BCUT2D eigenvalue weighted by Gasteiger charge is 2.62. The highest BCUT2D eigenvalue weighted by molar-refractivity contribution is 7.91. The minimum atomic E-state index is -3.88. The second-order valence-corrected chi connectivity index (χ2v) is 15.8. The predicted octanol–water partition coefficient (Wildman–Crippen LogP) is 3.09. The molecule has 2 aliphatic carbocycles. The van der Waals surface area contributed by atoms with E-state index in [2.05, 4.69) is 21.9 Å². The van der Waals surface area contributed by atoms with Crippen molar-refractivity contribution >= 4 is 44.6 Å². The van der Waals surface area contributed by atoms with Gasteiger partial charge in [-0.2, -0.15) is 0 Å². The molecule has 2 aromatic carbocycles. The Kier molecular flexibility index (Phi) is 9.82. The lowest BCUT2D eigenvalue weighted by molar-refractivity contribution is -0.143. The van der Waals surface area contributed by atoms with E-state index in [0.717, 1.165) is 5.56 Å². The topological polar surface area (TPSA) is 173 Å². The van der Waals surface area contributed by atoms with E-state index in [1.807, 2.05) is 42.5 Å². The van der Waals surface area contributed by atoms with Crippen molar-refractivity contribution in [3.63, 3.8) is 0 Å². The molecule has 2 saturated carbocycles. The maximum absolute atomic E-state index is 14.2. The molecule has 13 nitrogen and oxygen atoms in total. The molecule has 0 unspecified atom stereocenters. The summed E-state index contributed by atoms with van der Waals surface area (Å²) in [7, 11) is -2.32. The van der Waals surface area contributed by atoms with Crippen LogP contribution in [0.2, 0.25) is 0 Å². The number of benzene rings is 2. The van der Waals surface area contributed by atoms with Gasteiger partial charge < -0.3 is 25.0 Å². The Morgan fingerprint density at radius 2 is 1.80 bits per heavy atom. The van der Waals surface area contributed by atoms with E-state index in [1.54, 1.807) is 33.1 Å². The fraction of sp³-hybridized carbons (Fsp3) is 0.432. The Hall–Kier alpha value is -4.98. The third kappa shape index (κ3) is 7.41. The van der Waals surface area contributed by atoms with Gasteiger partial charge in [-0.1, -0.05) is 50.3 Å². The van der Waals surface area contributed by atoms with Gasteiger partial charge in [0.25, 0.3) is 5.91 Å². The molecular weight excluding hydrogens is 675 g/mol. The van der Waals surface area contributed by atoms with Crippen molar-refractivity contribution in [2.24, 2.45) is 11.8 Å². The van der Waals surface area contributed by atoms with Crippen LogP contribution in [0.1, 0.15) is 46.5 Å². The van der Waals surface area contributed by atoms with Gasteiger partial charge >= 0.3 is 0 Å². The van der Waals surface area contributed by atoms with Gasteiger partial charge in [0.05, 0.1) is 30.1 Å². The summed E-state index contributed by atoms with van der Waals surface area (Å²) in [5, 5.41) is 5.57. The molecule has 1 aromatic heterocycles. The van der Waals surface area contributed by atoms with Crippen LogP contribution in [0.5, 0.6) is 11.5 Å². The Labute approximate surface area is 297 Å². The van der Waals surface area contributed by atoms with Crippen molar-refractivity contribution in [2.75, 3.05) is 13.7 Å². The first-order chi connectivity index (χ1) is 24.3. The first-order valence-corrected chi connectivity index (χ1v) is 18.6. The maximum Gasteiger partial charge on any atom is 0.259 e. The predicted molar refractivity (Wildman–Crippen MR) is 190 cm³/mol. The highest BCUT2D eigenvalue weighted by atomic mass is 32.2. The number of fused-ring (bicyclic) bond motifs is 1. The van der Waals surface area contributed by atoms with Crippen molar-refractivity contribution in [1.29, 1.82) is 0 Å². The number of pyridine rings is 1. The second kappa shape index (κ2) is 14.0. The van der Waals surface area contributed by atoms with Crippen LogP contribution >= 0.6 is 0 Å². The first-order valence-electron chi connectivity index (χ1n) is 17.1. The monoisotopic (exact) mass is 717 g/mol. The second-order valence-electron chi connectivity index (χ2n) is 13.8. The molecule has 2 heterocycles. The lowest BCUT2D eigenvalue weighted by Gasteiger charge is -2.31. The number of likely N-dealkylation sites (tertiary alicyclic amines) is 1. The molecule has 3 aromatic rings. The number of carbonyl (C=O) groups is 4. The van der Waals surface area contributed by atoms with Gasteiger partial charge in [0.1, 0.15) is 35.2 Å². The summed E-state index contributed by atoms with van der Waals surface area (Å²) in [5.41, 5.74) is 0.593. The smallest absolute Gasteiger partial charge is 0.259 e. The largest absolute Gasteiger partial charge is 0.497 e. The summed E-state index contributed by atoms with van der Waals surface area (Å²) >= 11 is 0. The van der Waals surface area contributed by atoms with E-state index in [1.165, 1.54) is 17.9 Å². The van der Waals surface area contributed by atoms with E-state index in [4.69, 9.17) is 14.5 Å². The van der Waals surface area contributed by atoms with Gasteiger partial charge in [-0.3, -0.25) is 23.9 Å².